The average molecular weight is 304 g/mol. The van der Waals surface area contributed by atoms with Crippen LogP contribution in [0.25, 0.3) is 0 Å². The van der Waals surface area contributed by atoms with E-state index >= 15 is 0 Å². The third kappa shape index (κ3) is 2.57. The quantitative estimate of drug-likeness (QED) is 0.375. The van der Waals surface area contributed by atoms with Gasteiger partial charge in [0.05, 0.1) is 14.7 Å². The van der Waals surface area contributed by atoms with Crippen LogP contribution in [-0.2, 0) is 0 Å². The minimum Gasteiger partial charge on any atom is -0.258 e. The SMILES string of the molecule is O=[N+]([O-])c1ccccc1Sc1c(F)c(F)nc(F)c1F. The first-order valence-electron chi connectivity index (χ1n) is 5.03. The lowest BCUT2D eigenvalue weighted by atomic mass is 10.3. The molecule has 20 heavy (non-hydrogen) atoms. The number of benzene rings is 1. The molecule has 0 spiro atoms. The van der Waals surface area contributed by atoms with Crippen LogP contribution in [0.15, 0.2) is 34.1 Å². The second-order valence-corrected chi connectivity index (χ2v) is 4.53. The molecule has 104 valence electrons. The number of nitro benzene ring substituents is 1. The molecule has 0 fully saturated rings. The zero-order chi connectivity index (χ0) is 14.9. The smallest absolute Gasteiger partial charge is 0.258 e. The van der Waals surface area contributed by atoms with Crippen molar-refractivity contribution in [3.05, 3.63) is 57.9 Å². The number of nitro groups is 1. The number of pyridine rings is 1. The molecule has 0 atom stereocenters. The van der Waals surface area contributed by atoms with Gasteiger partial charge in [-0.05, 0) is 6.07 Å². The lowest BCUT2D eigenvalue weighted by Gasteiger charge is -2.06. The largest absolute Gasteiger partial charge is 0.283 e. The first-order valence-corrected chi connectivity index (χ1v) is 5.84. The Morgan fingerprint density at radius 1 is 1.05 bits per heavy atom. The summed E-state index contributed by atoms with van der Waals surface area (Å²) in [6.45, 7) is 0. The van der Waals surface area contributed by atoms with Gasteiger partial charge in [-0.3, -0.25) is 10.1 Å². The lowest BCUT2D eigenvalue weighted by molar-refractivity contribution is -0.387. The van der Waals surface area contributed by atoms with Crippen molar-refractivity contribution in [1.82, 2.24) is 4.98 Å². The van der Waals surface area contributed by atoms with E-state index in [4.69, 9.17) is 0 Å². The van der Waals surface area contributed by atoms with Crippen molar-refractivity contribution in [1.29, 1.82) is 0 Å². The summed E-state index contributed by atoms with van der Waals surface area (Å²) in [5.41, 5.74) is -0.436. The zero-order valence-electron chi connectivity index (χ0n) is 9.44. The molecule has 1 heterocycles. The number of halogens is 4. The van der Waals surface area contributed by atoms with Crippen molar-refractivity contribution in [3.63, 3.8) is 0 Å². The minimum absolute atomic E-state index is 0.152. The lowest BCUT2D eigenvalue weighted by Crippen LogP contribution is -2.02. The molecule has 0 aliphatic heterocycles. The van der Waals surface area contributed by atoms with Gasteiger partial charge in [-0.25, -0.2) is 8.78 Å². The van der Waals surface area contributed by atoms with Crippen molar-refractivity contribution >= 4 is 17.4 Å². The van der Waals surface area contributed by atoms with Crippen molar-refractivity contribution in [2.24, 2.45) is 0 Å². The van der Waals surface area contributed by atoms with Crippen LogP contribution < -0.4 is 0 Å². The van der Waals surface area contributed by atoms with Gasteiger partial charge in [0.1, 0.15) is 0 Å². The van der Waals surface area contributed by atoms with Gasteiger partial charge in [-0.2, -0.15) is 13.8 Å². The van der Waals surface area contributed by atoms with Gasteiger partial charge in [0.25, 0.3) is 17.6 Å². The van der Waals surface area contributed by atoms with E-state index in [-0.39, 0.29) is 16.7 Å². The van der Waals surface area contributed by atoms with E-state index < -0.39 is 39.0 Å². The number of para-hydroxylation sites is 1. The third-order valence-electron chi connectivity index (χ3n) is 2.23. The number of aromatic nitrogens is 1. The minimum atomic E-state index is -1.81. The molecule has 9 heteroatoms. The van der Waals surface area contributed by atoms with E-state index in [1.807, 2.05) is 0 Å². The fraction of sp³-hybridized carbons (Fsp3) is 0. The molecular formula is C11H4F4N2O2S. The fourth-order valence-electron chi connectivity index (χ4n) is 1.36. The summed E-state index contributed by atoms with van der Waals surface area (Å²) in [4.78, 5) is 11.2. The van der Waals surface area contributed by atoms with Crippen LogP contribution in [0.3, 0.4) is 0 Å². The molecule has 1 aromatic carbocycles. The highest BCUT2D eigenvalue weighted by molar-refractivity contribution is 7.99. The highest BCUT2D eigenvalue weighted by Gasteiger charge is 2.24. The van der Waals surface area contributed by atoms with E-state index in [0.717, 1.165) is 6.07 Å². The Balaban J connectivity index is 2.54. The Bertz CT molecular complexity index is 670. The Morgan fingerprint density at radius 2 is 1.60 bits per heavy atom. The van der Waals surface area contributed by atoms with E-state index in [1.165, 1.54) is 18.2 Å². The van der Waals surface area contributed by atoms with Gasteiger partial charge in [0.2, 0.25) is 0 Å². The van der Waals surface area contributed by atoms with Crippen LogP contribution in [-0.4, -0.2) is 9.91 Å². The van der Waals surface area contributed by atoms with Crippen molar-refractivity contribution in [2.75, 3.05) is 0 Å². The van der Waals surface area contributed by atoms with Crippen LogP contribution in [0, 0.1) is 33.6 Å². The first kappa shape index (κ1) is 14.3. The summed E-state index contributed by atoms with van der Waals surface area (Å²) < 4.78 is 52.7. The van der Waals surface area contributed by atoms with E-state index in [1.54, 1.807) is 0 Å². The topological polar surface area (TPSA) is 56.0 Å². The van der Waals surface area contributed by atoms with Gasteiger partial charge in [-0.1, -0.05) is 23.9 Å². The van der Waals surface area contributed by atoms with Crippen molar-refractivity contribution in [2.45, 2.75) is 9.79 Å². The van der Waals surface area contributed by atoms with Gasteiger partial charge >= 0.3 is 0 Å². The summed E-state index contributed by atoms with van der Waals surface area (Å²) in [5.74, 6) is -7.03. The van der Waals surface area contributed by atoms with Gasteiger partial charge in [0.15, 0.2) is 11.6 Å². The highest BCUT2D eigenvalue weighted by Crippen LogP contribution is 2.37. The van der Waals surface area contributed by atoms with Crippen LogP contribution in [0.4, 0.5) is 23.2 Å². The predicted molar refractivity (Wildman–Crippen MR) is 61.3 cm³/mol. The van der Waals surface area contributed by atoms with Crippen molar-refractivity contribution < 1.29 is 22.5 Å². The molecule has 2 rings (SSSR count). The molecule has 0 saturated heterocycles. The monoisotopic (exact) mass is 304 g/mol. The second-order valence-electron chi connectivity index (χ2n) is 3.48. The maximum atomic E-state index is 13.4. The number of hydrogen-bond acceptors (Lipinski definition) is 4. The second kappa shape index (κ2) is 5.45. The Kier molecular flexibility index (Phi) is 3.89. The third-order valence-corrected chi connectivity index (χ3v) is 3.36. The molecule has 4 nitrogen and oxygen atoms in total. The molecule has 0 saturated carbocycles. The molecule has 1 aromatic heterocycles. The summed E-state index contributed by atoms with van der Waals surface area (Å²) in [6, 6.07) is 5.05. The molecule has 0 N–H and O–H groups in total. The summed E-state index contributed by atoms with van der Waals surface area (Å²) in [7, 11) is 0. The van der Waals surface area contributed by atoms with Gasteiger partial charge < -0.3 is 0 Å². The number of nitrogens with zero attached hydrogens (tertiary/aromatic N) is 2. The molecule has 0 bridgehead atoms. The predicted octanol–water partition coefficient (Wildman–Crippen LogP) is 3.70. The fourth-order valence-corrected chi connectivity index (χ4v) is 2.32. The molecule has 0 amide bonds. The van der Waals surface area contributed by atoms with Gasteiger partial charge in [0, 0.05) is 6.07 Å². The normalized spacial score (nSPS) is 10.6. The summed E-state index contributed by atoms with van der Waals surface area (Å²) in [6.07, 6.45) is 0. The number of rotatable bonds is 3. The van der Waals surface area contributed by atoms with E-state index in [0.29, 0.717) is 0 Å². The Hall–Kier alpha value is -2.16. The summed E-state index contributed by atoms with van der Waals surface area (Å²) in [5, 5.41) is 10.8. The molecule has 0 radical (unpaired) electrons. The maximum Gasteiger partial charge on any atom is 0.283 e. The molecule has 0 unspecified atom stereocenters. The highest BCUT2D eigenvalue weighted by atomic mass is 32.2. The molecule has 0 aliphatic carbocycles. The van der Waals surface area contributed by atoms with Gasteiger partial charge in [-0.15, -0.1) is 0 Å². The number of hydrogen-bond donors (Lipinski definition) is 0. The van der Waals surface area contributed by atoms with Crippen molar-refractivity contribution in [3.8, 4) is 0 Å². The summed E-state index contributed by atoms with van der Waals surface area (Å²) >= 11 is 0.212. The zero-order valence-corrected chi connectivity index (χ0v) is 10.3. The molecule has 0 aliphatic rings. The molecular weight excluding hydrogens is 300 g/mol. The van der Waals surface area contributed by atoms with Crippen LogP contribution in [0.1, 0.15) is 0 Å². The molecule has 2 aromatic rings. The standard InChI is InChI=1S/C11H4F4N2O2S/c12-7-9(8(13)11(15)16-10(7)14)20-6-4-2-1-3-5(6)17(18)19/h1-4H. The van der Waals surface area contributed by atoms with Crippen LogP contribution in [0.5, 0.6) is 0 Å². The van der Waals surface area contributed by atoms with Crippen LogP contribution in [0.2, 0.25) is 0 Å². The van der Waals surface area contributed by atoms with E-state index in [2.05, 4.69) is 4.98 Å². The first-order chi connectivity index (χ1) is 9.41. The van der Waals surface area contributed by atoms with E-state index in [9.17, 15) is 27.7 Å². The Labute approximate surface area is 113 Å². The van der Waals surface area contributed by atoms with Crippen LogP contribution >= 0.6 is 11.8 Å². The Morgan fingerprint density at radius 3 is 2.15 bits per heavy atom. The average Bonchev–Trinajstić information content (AvgIpc) is 2.41. The maximum absolute atomic E-state index is 13.4.